The van der Waals surface area contributed by atoms with Crippen LogP contribution in [0.2, 0.25) is 0 Å². The van der Waals surface area contributed by atoms with Crippen molar-refractivity contribution in [1.82, 2.24) is 5.01 Å². The average Bonchev–Trinajstić information content (AvgIpc) is 3.08. The smallest absolute Gasteiger partial charge is 0.270 e. The fourth-order valence-electron chi connectivity index (χ4n) is 5.62. The number of hydrogen-bond donors (Lipinski definition) is 0. The first-order valence-electron chi connectivity index (χ1n) is 10.4. The van der Waals surface area contributed by atoms with E-state index in [0.29, 0.717) is 5.56 Å². The van der Waals surface area contributed by atoms with Gasteiger partial charge in [0.05, 0.1) is 23.0 Å². The van der Waals surface area contributed by atoms with E-state index in [0.717, 1.165) is 27.3 Å². The van der Waals surface area contributed by atoms with E-state index in [2.05, 4.69) is 5.10 Å². The Balaban J connectivity index is 1.42. The van der Waals surface area contributed by atoms with Crippen LogP contribution in [0.1, 0.15) is 39.7 Å². The summed E-state index contributed by atoms with van der Waals surface area (Å²) < 4.78 is 0. The lowest BCUT2D eigenvalue weighted by molar-refractivity contribution is -0.384. The van der Waals surface area contributed by atoms with Crippen molar-refractivity contribution in [3.05, 3.63) is 111 Å². The van der Waals surface area contributed by atoms with E-state index in [1.165, 1.54) is 18.3 Å². The molecule has 4 aliphatic rings. The summed E-state index contributed by atoms with van der Waals surface area (Å²) in [5.41, 5.74) is 4.77. The van der Waals surface area contributed by atoms with E-state index in [-0.39, 0.29) is 29.3 Å². The molecule has 0 unspecified atom stereocenters. The van der Waals surface area contributed by atoms with E-state index in [9.17, 15) is 19.7 Å². The van der Waals surface area contributed by atoms with Gasteiger partial charge in [0.2, 0.25) is 0 Å². The lowest BCUT2D eigenvalue weighted by atomic mass is 9.55. The van der Waals surface area contributed by atoms with Crippen LogP contribution in [0, 0.1) is 22.0 Å². The van der Waals surface area contributed by atoms with Crippen molar-refractivity contribution < 1.29 is 14.5 Å². The largest absolute Gasteiger partial charge is 0.272 e. The summed E-state index contributed by atoms with van der Waals surface area (Å²) in [7, 11) is 0. The predicted molar refractivity (Wildman–Crippen MR) is 116 cm³/mol. The summed E-state index contributed by atoms with van der Waals surface area (Å²) in [6, 6.07) is 22.0. The number of nitro benzene ring substituents is 1. The van der Waals surface area contributed by atoms with Gasteiger partial charge in [0.1, 0.15) is 0 Å². The van der Waals surface area contributed by atoms with Crippen LogP contribution in [0.25, 0.3) is 0 Å². The third-order valence-corrected chi connectivity index (χ3v) is 6.83. The molecule has 7 heteroatoms. The quantitative estimate of drug-likeness (QED) is 0.277. The zero-order valence-corrected chi connectivity index (χ0v) is 16.8. The van der Waals surface area contributed by atoms with Gasteiger partial charge in [-0.05, 0) is 22.3 Å². The van der Waals surface area contributed by atoms with Gasteiger partial charge in [-0.15, -0.1) is 0 Å². The van der Waals surface area contributed by atoms with E-state index in [1.54, 1.807) is 12.1 Å². The number of amides is 2. The summed E-state index contributed by atoms with van der Waals surface area (Å²) >= 11 is 0. The molecule has 1 fully saturated rings. The molecule has 2 bridgehead atoms. The molecule has 0 radical (unpaired) electrons. The molecule has 32 heavy (non-hydrogen) atoms. The van der Waals surface area contributed by atoms with Gasteiger partial charge in [-0.1, -0.05) is 60.7 Å². The molecular formula is C25H17N3O4. The van der Waals surface area contributed by atoms with Gasteiger partial charge in [0.15, 0.2) is 0 Å². The first-order chi connectivity index (χ1) is 15.6. The monoisotopic (exact) mass is 423 g/mol. The van der Waals surface area contributed by atoms with Crippen LogP contribution in [0.5, 0.6) is 0 Å². The Hall–Kier alpha value is -4.13. The topological polar surface area (TPSA) is 92.9 Å². The highest BCUT2D eigenvalue weighted by molar-refractivity contribution is 6.08. The number of rotatable bonds is 3. The number of imide groups is 1. The van der Waals surface area contributed by atoms with Gasteiger partial charge in [-0.3, -0.25) is 19.7 Å². The number of nitrogens with zero attached hydrogens (tertiary/aromatic N) is 3. The minimum absolute atomic E-state index is 0.0781. The summed E-state index contributed by atoms with van der Waals surface area (Å²) in [6.07, 6.45) is 1.34. The SMILES string of the molecule is O=C1[C@@H]2C3c4ccccc4C(c4ccccc43)[C@@H]2C(=O)N1/N=C\c1cccc([N+](=O)[O-])c1. The Labute approximate surface area is 183 Å². The highest BCUT2D eigenvalue weighted by Crippen LogP contribution is 2.60. The second-order valence-electron chi connectivity index (χ2n) is 8.35. The summed E-state index contributed by atoms with van der Waals surface area (Å²) in [5, 5.41) is 16.2. The fraction of sp³-hybridized carbons (Fsp3) is 0.160. The Morgan fingerprint density at radius 1 is 0.781 bits per heavy atom. The highest BCUT2D eigenvalue weighted by atomic mass is 16.6. The molecular weight excluding hydrogens is 406 g/mol. The van der Waals surface area contributed by atoms with E-state index in [4.69, 9.17) is 0 Å². The van der Waals surface area contributed by atoms with Crippen molar-refractivity contribution in [2.24, 2.45) is 16.9 Å². The van der Waals surface area contributed by atoms with Gasteiger partial charge in [-0.2, -0.15) is 10.1 Å². The van der Waals surface area contributed by atoms with Crippen LogP contribution in [-0.4, -0.2) is 28.0 Å². The maximum Gasteiger partial charge on any atom is 0.270 e. The lowest BCUT2D eigenvalue weighted by Crippen LogP contribution is -2.41. The number of nitro groups is 1. The normalized spacial score (nSPS) is 25.1. The molecule has 0 aromatic heterocycles. The number of hydrazone groups is 1. The van der Waals surface area contributed by atoms with Gasteiger partial charge in [0, 0.05) is 29.5 Å². The third-order valence-electron chi connectivity index (χ3n) is 6.83. The number of non-ortho nitro benzene ring substituents is 1. The van der Waals surface area contributed by atoms with Crippen LogP contribution < -0.4 is 0 Å². The van der Waals surface area contributed by atoms with Crippen molar-refractivity contribution in [3.63, 3.8) is 0 Å². The van der Waals surface area contributed by atoms with Crippen molar-refractivity contribution in [1.29, 1.82) is 0 Å². The minimum Gasteiger partial charge on any atom is -0.272 e. The molecule has 1 aliphatic heterocycles. The number of carbonyl (C=O) groups excluding carboxylic acids is 2. The predicted octanol–water partition coefficient (Wildman–Crippen LogP) is 3.82. The molecule has 1 saturated heterocycles. The first-order valence-corrected chi connectivity index (χ1v) is 10.4. The minimum atomic E-state index is -0.500. The standard InChI is InChI=1S/C25H17N3O4/c29-24-22-20-16-8-1-2-9-17(16)21(19-11-4-3-10-18(19)20)23(22)25(30)27(24)26-13-14-6-5-7-15(12-14)28(31)32/h1-13,20-23H/b26-13-/t20?,21?,22-,23+. The molecule has 1 heterocycles. The second kappa shape index (κ2) is 6.68. The summed E-state index contributed by atoms with van der Waals surface area (Å²) in [5.74, 6) is -2.01. The van der Waals surface area contributed by atoms with Crippen LogP contribution in [0.4, 0.5) is 5.69 Å². The third kappa shape index (κ3) is 2.45. The number of benzene rings is 3. The van der Waals surface area contributed by atoms with E-state index in [1.807, 2.05) is 48.5 Å². The van der Waals surface area contributed by atoms with Crippen molar-refractivity contribution in [3.8, 4) is 0 Å². The highest BCUT2D eigenvalue weighted by Gasteiger charge is 2.61. The number of carbonyl (C=O) groups is 2. The van der Waals surface area contributed by atoms with Gasteiger partial charge in [0.25, 0.3) is 17.5 Å². The Kier molecular flexibility index (Phi) is 3.89. The molecule has 2 atom stereocenters. The van der Waals surface area contributed by atoms with Crippen LogP contribution >= 0.6 is 0 Å². The maximum atomic E-state index is 13.4. The molecule has 0 N–H and O–H groups in total. The molecule has 7 nitrogen and oxygen atoms in total. The van der Waals surface area contributed by atoms with Gasteiger partial charge >= 0.3 is 0 Å². The molecule has 0 spiro atoms. The van der Waals surface area contributed by atoms with Gasteiger partial charge < -0.3 is 0 Å². The summed E-state index contributed by atoms with van der Waals surface area (Å²) in [6.45, 7) is 0. The Morgan fingerprint density at radius 3 is 1.75 bits per heavy atom. The molecule has 3 aliphatic carbocycles. The first kappa shape index (κ1) is 18.6. The molecule has 3 aromatic carbocycles. The molecule has 3 aromatic rings. The zero-order valence-electron chi connectivity index (χ0n) is 16.8. The average molecular weight is 423 g/mol. The number of hydrogen-bond acceptors (Lipinski definition) is 5. The van der Waals surface area contributed by atoms with Gasteiger partial charge in [-0.25, -0.2) is 0 Å². The van der Waals surface area contributed by atoms with Crippen LogP contribution in [0.3, 0.4) is 0 Å². The summed E-state index contributed by atoms with van der Waals surface area (Å²) in [4.78, 5) is 37.4. The Morgan fingerprint density at radius 2 is 1.28 bits per heavy atom. The van der Waals surface area contributed by atoms with Crippen molar-refractivity contribution in [2.45, 2.75) is 11.8 Å². The Bertz CT molecular complexity index is 1230. The maximum absolute atomic E-state index is 13.4. The van der Waals surface area contributed by atoms with Crippen LogP contribution in [0.15, 0.2) is 77.9 Å². The molecule has 7 rings (SSSR count). The zero-order chi connectivity index (χ0) is 22.0. The molecule has 2 amide bonds. The second-order valence-corrected chi connectivity index (χ2v) is 8.35. The van der Waals surface area contributed by atoms with Crippen molar-refractivity contribution >= 4 is 23.7 Å². The van der Waals surface area contributed by atoms with Crippen LogP contribution in [-0.2, 0) is 9.59 Å². The van der Waals surface area contributed by atoms with Crippen molar-refractivity contribution in [2.75, 3.05) is 0 Å². The molecule has 156 valence electrons. The fourth-order valence-corrected chi connectivity index (χ4v) is 5.62. The lowest BCUT2D eigenvalue weighted by Gasteiger charge is -2.45. The van der Waals surface area contributed by atoms with E-state index >= 15 is 0 Å². The molecule has 0 saturated carbocycles. The van der Waals surface area contributed by atoms with E-state index < -0.39 is 16.8 Å².